The quantitative estimate of drug-likeness (QED) is 0.565. The molecule has 1 aromatic rings. The van der Waals surface area contributed by atoms with Gasteiger partial charge in [0.15, 0.2) is 0 Å². The molecular formula is C11H19N3O. The number of benzene rings is 1. The molecule has 0 aromatic heterocycles. The molecular weight excluding hydrogens is 190 g/mol. The summed E-state index contributed by atoms with van der Waals surface area (Å²) in [5.41, 5.74) is 13.2. The van der Waals surface area contributed by atoms with Crippen LogP contribution in [-0.4, -0.2) is 17.3 Å². The average molecular weight is 209 g/mol. The highest BCUT2D eigenvalue weighted by molar-refractivity contribution is 5.69. The number of hydrogen-bond acceptors (Lipinski definition) is 4. The first-order chi connectivity index (χ1) is 6.94. The van der Waals surface area contributed by atoms with Crippen LogP contribution in [0.15, 0.2) is 18.2 Å². The van der Waals surface area contributed by atoms with Crippen molar-refractivity contribution in [3.05, 3.63) is 18.2 Å². The molecule has 1 aromatic carbocycles. The second-order valence-corrected chi connectivity index (χ2v) is 4.33. The van der Waals surface area contributed by atoms with Gasteiger partial charge >= 0.3 is 0 Å². The number of aliphatic hydroxyl groups excluding tert-OH is 1. The van der Waals surface area contributed by atoms with Gasteiger partial charge in [-0.15, -0.1) is 0 Å². The molecule has 0 atom stereocenters. The Labute approximate surface area is 90.3 Å². The number of rotatable bonds is 4. The molecule has 0 fully saturated rings. The van der Waals surface area contributed by atoms with Crippen molar-refractivity contribution in [3.63, 3.8) is 0 Å². The van der Waals surface area contributed by atoms with Crippen molar-refractivity contribution in [3.8, 4) is 0 Å². The molecule has 0 saturated heterocycles. The Bertz CT molecular complexity index is 337. The van der Waals surface area contributed by atoms with Gasteiger partial charge in [-0.3, -0.25) is 0 Å². The molecule has 0 unspecified atom stereocenters. The van der Waals surface area contributed by atoms with Gasteiger partial charge in [0.2, 0.25) is 0 Å². The number of nitrogens with two attached hydrogens (primary N) is 2. The maximum Gasteiger partial charge on any atom is 0.0568 e. The summed E-state index contributed by atoms with van der Waals surface area (Å²) in [7, 11) is 0. The fraction of sp³-hybridized carbons (Fsp3) is 0.455. The molecule has 1 rings (SSSR count). The fourth-order valence-electron chi connectivity index (χ4n) is 1.39. The third-order valence-electron chi connectivity index (χ3n) is 2.31. The molecule has 4 heteroatoms. The van der Waals surface area contributed by atoms with Crippen molar-refractivity contribution < 1.29 is 5.11 Å². The second-order valence-electron chi connectivity index (χ2n) is 4.33. The number of anilines is 3. The smallest absolute Gasteiger partial charge is 0.0568 e. The Morgan fingerprint density at radius 1 is 1.27 bits per heavy atom. The minimum atomic E-state index is -0.155. The van der Waals surface area contributed by atoms with E-state index in [-0.39, 0.29) is 12.1 Å². The van der Waals surface area contributed by atoms with E-state index in [0.29, 0.717) is 17.8 Å². The summed E-state index contributed by atoms with van der Waals surface area (Å²) in [5.74, 6) is 0. The van der Waals surface area contributed by atoms with Gasteiger partial charge in [-0.05, 0) is 38.5 Å². The lowest BCUT2D eigenvalue weighted by Gasteiger charge is -2.27. The lowest BCUT2D eigenvalue weighted by molar-refractivity contribution is 0.261. The molecule has 0 aliphatic rings. The van der Waals surface area contributed by atoms with Crippen molar-refractivity contribution in [1.82, 2.24) is 0 Å². The van der Waals surface area contributed by atoms with E-state index in [1.165, 1.54) is 0 Å². The molecule has 0 radical (unpaired) electrons. The SMILES string of the molecule is CC(C)(CCO)Nc1ccc(N)c(N)c1. The summed E-state index contributed by atoms with van der Waals surface area (Å²) in [5, 5.41) is 12.2. The summed E-state index contributed by atoms with van der Waals surface area (Å²) in [6.45, 7) is 4.20. The van der Waals surface area contributed by atoms with E-state index in [4.69, 9.17) is 16.6 Å². The van der Waals surface area contributed by atoms with Crippen LogP contribution in [0.3, 0.4) is 0 Å². The largest absolute Gasteiger partial charge is 0.397 e. The number of nitrogen functional groups attached to an aromatic ring is 2. The van der Waals surface area contributed by atoms with Gasteiger partial charge < -0.3 is 21.9 Å². The van der Waals surface area contributed by atoms with Gasteiger partial charge in [0.05, 0.1) is 11.4 Å². The second kappa shape index (κ2) is 4.40. The minimum absolute atomic E-state index is 0.155. The van der Waals surface area contributed by atoms with Gasteiger partial charge in [-0.2, -0.15) is 0 Å². The third-order valence-corrected chi connectivity index (χ3v) is 2.31. The van der Waals surface area contributed by atoms with Crippen LogP contribution in [0.2, 0.25) is 0 Å². The summed E-state index contributed by atoms with van der Waals surface area (Å²) in [4.78, 5) is 0. The predicted octanol–water partition coefficient (Wildman–Crippen LogP) is 1.42. The molecule has 0 heterocycles. The Hall–Kier alpha value is -1.42. The summed E-state index contributed by atoms with van der Waals surface area (Å²) in [6.07, 6.45) is 0.678. The van der Waals surface area contributed by atoms with E-state index in [1.807, 2.05) is 19.9 Å². The molecule has 0 bridgehead atoms. The zero-order chi connectivity index (χ0) is 11.5. The highest BCUT2D eigenvalue weighted by Crippen LogP contribution is 2.23. The highest BCUT2D eigenvalue weighted by atomic mass is 16.3. The molecule has 0 aliphatic carbocycles. The highest BCUT2D eigenvalue weighted by Gasteiger charge is 2.16. The first-order valence-electron chi connectivity index (χ1n) is 4.99. The van der Waals surface area contributed by atoms with Crippen molar-refractivity contribution >= 4 is 17.1 Å². The standard InChI is InChI=1S/C11H19N3O/c1-11(2,5-6-15)14-8-3-4-9(12)10(13)7-8/h3-4,7,14-15H,5-6,12-13H2,1-2H3. The van der Waals surface area contributed by atoms with Crippen molar-refractivity contribution in [2.45, 2.75) is 25.8 Å². The maximum absolute atomic E-state index is 8.89. The van der Waals surface area contributed by atoms with Crippen LogP contribution >= 0.6 is 0 Å². The number of hydrogen-bond donors (Lipinski definition) is 4. The minimum Gasteiger partial charge on any atom is -0.397 e. The molecule has 0 aliphatic heterocycles. The summed E-state index contributed by atoms with van der Waals surface area (Å²) < 4.78 is 0. The third kappa shape index (κ3) is 3.32. The molecule has 6 N–H and O–H groups in total. The van der Waals surface area contributed by atoms with Crippen molar-refractivity contribution in [2.24, 2.45) is 0 Å². The predicted molar refractivity (Wildman–Crippen MR) is 64.7 cm³/mol. The zero-order valence-electron chi connectivity index (χ0n) is 9.25. The van der Waals surface area contributed by atoms with Gasteiger partial charge in [-0.1, -0.05) is 0 Å². The normalized spacial score (nSPS) is 11.4. The average Bonchev–Trinajstić information content (AvgIpc) is 2.10. The molecule has 4 nitrogen and oxygen atoms in total. The van der Waals surface area contributed by atoms with Crippen LogP contribution in [0, 0.1) is 0 Å². The first-order valence-corrected chi connectivity index (χ1v) is 4.99. The van der Waals surface area contributed by atoms with E-state index < -0.39 is 0 Å². The zero-order valence-corrected chi connectivity index (χ0v) is 9.25. The lowest BCUT2D eigenvalue weighted by Crippen LogP contribution is -2.31. The Morgan fingerprint density at radius 3 is 2.47 bits per heavy atom. The van der Waals surface area contributed by atoms with Crippen LogP contribution in [0.1, 0.15) is 20.3 Å². The van der Waals surface area contributed by atoms with Crippen LogP contribution in [0.5, 0.6) is 0 Å². The van der Waals surface area contributed by atoms with E-state index in [1.54, 1.807) is 12.1 Å². The molecule has 15 heavy (non-hydrogen) atoms. The van der Waals surface area contributed by atoms with E-state index in [2.05, 4.69) is 5.32 Å². The summed E-state index contributed by atoms with van der Waals surface area (Å²) in [6, 6.07) is 5.45. The van der Waals surface area contributed by atoms with Gasteiger partial charge in [0, 0.05) is 17.8 Å². The Balaban J connectivity index is 2.76. The van der Waals surface area contributed by atoms with Crippen LogP contribution in [0.4, 0.5) is 17.1 Å². The van der Waals surface area contributed by atoms with Gasteiger partial charge in [0.1, 0.15) is 0 Å². The van der Waals surface area contributed by atoms with E-state index >= 15 is 0 Å². The Morgan fingerprint density at radius 2 is 1.93 bits per heavy atom. The molecule has 0 amide bonds. The topological polar surface area (TPSA) is 84.3 Å². The summed E-state index contributed by atoms with van der Waals surface area (Å²) >= 11 is 0. The van der Waals surface area contributed by atoms with E-state index in [0.717, 1.165) is 5.69 Å². The van der Waals surface area contributed by atoms with Gasteiger partial charge in [-0.25, -0.2) is 0 Å². The van der Waals surface area contributed by atoms with Gasteiger partial charge in [0.25, 0.3) is 0 Å². The number of aliphatic hydroxyl groups is 1. The molecule has 0 spiro atoms. The van der Waals surface area contributed by atoms with Crippen molar-refractivity contribution in [1.29, 1.82) is 0 Å². The van der Waals surface area contributed by atoms with E-state index in [9.17, 15) is 0 Å². The first kappa shape index (κ1) is 11.7. The van der Waals surface area contributed by atoms with Crippen LogP contribution in [0.25, 0.3) is 0 Å². The number of nitrogens with one attached hydrogen (secondary N) is 1. The Kier molecular flexibility index (Phi) is 3.42. The van der Waals surface area contributed by atoms with Crippen LogP contribution in [-0.2, 0) is 0 Å². The van der Waals surface area contributed by atoms with Crippen molar-refractivity contribution in [2.75, 3.05) is 23.4 Å². The lowest BCUT2D eigenvalue weighted by atomic mass is 10.0. The molecule has 84 valence electrons. The molecule has 0 saturated carbocycles. The maximum atomic E-state index is 8.89. The monoisotopic (exact) mass is 209 g/mol. The van der Waals surface area contributed by atoms with Crippen LogP contribution < -0.4 is 16.8 Å². The fourth-order valence-corrected chi connectivity index (χ4v) is 1.39.